The molecule has 0 saturated carbocycles. The van der Waals surface area contributed by atoms with Gasteiger partial charge in [-0.25, -0.2) is 0 Å². The Hall–Kier alpha value is -4.89. The molecule has 49 heavy (non-hydrogen) atoms. The van der Waals surface area contributed by atoms with Crippen LogP contribution in [0.25, 0.3) is 44.1 Å². The molecule has 0 aliphatic carbocycles. The van der Waals surface area contributed by atoms with E-state index in [-0.39, 0.29) is 0 Å². The molecule has 8 rings (SSSR count). The summed E-state index contributed by atoms with van der Waals surface area (Å²) in [5, 5.41) is 19.7. The van der Waals surface area contributed by atoms with Crippen LogP contribution in [0.15, 0.2) is 84.9 Å². The van der Waals surface area contributed by atoms with Crippen molar-refractivity contribution in [2.45, 2.75) is 39.0 Å². The van der Waals surface area contributed by atoms with Gasteiger partial charge < -0.3 is 34.3 Å². The number of fused-ring (bicyclic) bond motifs is 6. The Kier molecular flexibility index (Phi) is 9.53. The van der Waals surface area contributed by atoms with Gasteiger partial charge in [-0.15, -0.1) is 0 Å². The van der Waals surface area contributed by atoms with Gasteiger partial charge in [0.2, 0.25) is 0 Å². The number of nitrogens with one attached hydrogen (secondary N) is 2. The first-order chi connectivity index (χ1) is 24.0. The van der Waals surface area contributed by atoms with Crippen LogP contribution in [0.4, 0.5) is 0 Å². The van der Waals surface area contributed by atoms with Gasteiger partial charge in [0, 0.05) is 91.0 Å². The van der Waals surface area contributed by atoms with Crippen molar-refractivity contribution in [3.8, 4) is 33.8 Å². The van der Waals surface area contributed by atoms with Crippen LogP contribution < -0.4 is 20.1 Å². The predicted octanol–water partition coefficient (Wildman–Crippen LogP) is 6.79. The number of aldehydes is 1. The van der Waals surface area contributed by atoms with E-state index in [4.69, 9.17) is 9.47 Å². The highest BCUT2D eigenvalue weighted by molar-refractivity contribution is 6.00. The molecular weight excluding hydrogens is 612 g/mol. The van der Waals surface area contributed by atoms with Gasteiger partial charge in [0.25, 0.3) is 0 Å². The zero-order valence-electron chi connectivity index (χ0n) is 28.5. The number of aliphatic hydroxyl groups is 1. The highest BCUT2D eigenvalue weighted by Crippen LogP contribution is 2.38. The summed E-state index contributed by atoms with van der Waals surface area (Å²) < 4.78 is 15.4. The maximum Gasteiger partial charge on any atom is 0.150 e. The summed E-state index contributed by atoms with van der Waals surface area (Å²) in [5.74, 6) is 1.47. The summed E-state index contributed by atoms with van der Waals surface area (Å²) in [6.45, 7) is 7.70. The minimum Gasteiger partial charge on any atom is -0.497 e. The molecule has 0 spiro atoms. The summed E-state index contributed by atoms with van der Waals surface area (Å²) in [4.78, 5) is 11.6. The first-order valence-electron chi connectivity index (χ1n) is 17.1. The number of benzene rings is 4. The molecule has 0 radical (unpaired) electrons. The fraction of sp³-hybridized carbons (Fsp3) is 0.293. The average Bonchev–Trinajstić information content (AvgIpc) is 3.46. The normalized spacial score (nSPS) is 14.9. The van der Waals surface area contributed by atoms with Crippen LogP contribution in [0.1, 0.15) is 40.3 Å². The standard InChI is InChI=1S/C21H24N2O2.C20H20N2O2/c1-14(24)20-13-17(25-2)6-7-18(20)19-5-3-4-15-12-16-8-9-22-10-11-23(16)21(15)19;1-24-17-5-6-18(15(12-17)13-23)19-4-2-3-14-11-16-7-8-21-9-10-22(16)20(14)19/h3-7,12-14,22,24H,8-11H2,1-2H3;2-6,11-13,21H,7-10H2,1H3. The Morgan fingerprint density at radius 2 is 1.20 bits per heavy atom. The topological polar surface area (TPSA) is 89.7 Å². The number of ether oxygens (including phenoxy) is 2. The third-order valence-electron chi connectivity index (χ3n) is 9.83. The molecule has 0 amide bonds. The van der Waals surface area contributed by atoms with E-state index < -0.39 is 6.10 Å². The summed E-state index contributed by atoms with van der Waals surface area (Å²) in [7, 11) is 3.27. The van der Waals surface area contributed by atoms with E-state index in [1.165, 1.54) is 38.8 Å². The number of carbonyl (C=O) groups is 1. The smallest absolute Gasteiger partial charge is 0.150 e. The Bertz CT molecular complexity index is 2130. The Morgan fingerprint density at radius 1 is 0.673 bits per heavy atom. The molecule has 1 unspecified atom stereocenters. The first-order valence-corrected chi connectivity index (χ1v) is 17.1. The van der Waals surface area contributed by atoms with Crippen molar-refractivity contribution in [3.05, 3.63) is 107 Å². The van der Waals surface area contributed by atoms with Gasteiger partial charge in [-0.1, -0.05) is 42.5 Å². The lowest BCUT2D eigenvalue weighted by molar-refractivity contribution is 0.112. The van der Waals surface area contributed by atoms with E-state index in [1.807, 2.05) is 24.3 Å². The van der Waals surface area contributed by atoms with E-state index >= 15 is 0 Å². The molecule has 3 N–H and O–H groups in total. The molecule has 2 aromatic heterocycles. The van der Waals surface area contributed by atoms with Crippen molar-refractivity contribution in [2.24, 2.45) is 0 Å². The largest absolute Gasteiger partial charge is 0.497 e. The zero-order valence-corrected chi connectivity index (χ0v) is 28.5. The molecular formula is C41H44N4O4. The quantitative estimate of drug-likeness (QED) is 0.171. The van der Waals surface area contributed by atoms with Crippen LogP contribution in [0.2, 0.25) is 0 Å². The number of aromatic nitrogens is 2. The van der Waals surface area contributed by atoms with Gasteiger partial charge in [0.15, 0.2) is 6.29 Å². The lowest BCUT2D eigenvalue weighted by Crippen LogP contribution is -2.17. The molecule has 252 valence electrons. The number of para-hydroxylation sites is 2. The van der Waals surface area contributed by atoms with Crippen LogP contribution in [-0.4, -0.2) is 60.9 Å². The van der Waals surface area contributed by atoms with Gasteiger partial charge >= 0.3 is 0 Å². The number of nitrogens with zero attached hydrogens (tertiary/aromatic N) is 2. The molecule has 0 saturated heterocycles. The number of hydrogen-bond donors (Lipinski definition) is 3. The number of hydrogen-bond acceptors (Lipinski definition) is 6. The molecule has 4 aromatic carbocycles. The summed E-state index contributed by atoms with van der Waals surface area (Å²) in [6.07, 6.45) is 2.42. The maximum atomic E-state index is 11.6. The molecule has 2 aliphatic rings. The Morgan fingerprint density at radius 3 is 1.73 bits per heavy atom. The predicted molar refractivity (Wildman–Crippen MR) is 197 cm³/mol. The lowest BCUT2D eigenvalue weighted by Gasteiger charge is -2.16. The van der Waals surface area contributed by atoms with Crippen LogP contribution >= 0.6 is 0 Å². The number of aliphatic hydroxyl groups excluding tert-OH is 1. The van der Waals surface area contributed by atoms with E-state index in [1.54, 1.807) is 27.2 Å². The van der Waals surface area contributed by atoms with E-state index in [2.05, 4.69) is 74.4 Å². The number of rotatable bonds is 6. The van der Waals surface area contributed by atoms with Gasteiger partial charge in [0.1, 0.15) is 11.5 Å². The van der Waals surface area contributed by atoms with Crippen molar-refractivity contribution < 1.29 is 19.4 Å². The highest BCUT2D eigenvalue weighted by atomic mass is 16.5. The summed E-state index contributed by atoms with van der Waals surface area (Å²) in [5.41, 5.74) is 11.0. The lowest BCUT2D eigenvalue weighted by atomic mass is 9.95. The van der Waals surface area contributed by atoms with Crippen molar-refractivity contribution in [3.63, 3.8) is 0 Å². The minimum atomic E-state index is -0.555. The number of methoxy groups -OCH3 is 2. The molecule has 4 heterocycles. The van der Waals surface area contributed by atoms with Gasteiger partial charge in [-0.2, -0.15) is 0 Å². The third-order valence-corrected chi connectivity index (χ3v) is 9.83. The summed E-state index contributed by atoms with van der Waals surface area (Å²) in [6, 6.07) is 29.0. The van der Waals surface area contributed by atoms with E-state index in [0.29, 0.717) is 11.3 Å². The van der Waals surface area contributed by atoms with Crippen LogP contribution in [0.3, 0.4) is 0 Å². The molecule has 0 fully saturated rings. The van der Waals surface area contributed by atoms with Crippen LogP contribution in [-0.2, 0) is 25.9 Å². The van der Waals surface area contributed by atoms with E-state index in [0.717, 1.165) is 86.4 Å². The van der Waals surface area contributed by atoms with Crippen molar-refractivity contribution in [1.82, 2.24) is 19.8 Å². The molecule has 0 bridgehead atoms. The average molecular weight is 657 g/mol. The Labute approximate surface area is 287 Å². The zero-order chi connectivity index (χ0) is 33.9. The molecule has 8 heteroatoms. The molecule has 6 aromatic rings. The molecule has 8 nitrogen and oxygen atoms in total. The second-order valence-corrected chi connectivity index (χ2v) is 12.8. The molecule has 2 aliphatic heterocycles. The highest BCUT2D eigenvalue weighted by Gasteiger charge is 2.19. The monoisotopic (exact) mass is 656 g/mol. The van der Waals surface area contributed by atoms with E-state index in [9.17, 15) is 9.90 Å². The third kappa shape index (κ3) is 6.35. The maximum absolute atomic E-state index is 11.6. The van der Waals surface area contributed by atoms with Crippen molar-refractivity contribution in [2.75, 3.05) is 40.4 Å². The van der Waals surface area contributed by atoms with Crippen molar-refractivity contribution in [1.29, 1.82) is 0 Å². The SMILES string of the molecule is COc1ccc(-c2cccc3cc4n(c23)CCNCC4)c(C(C)O)c1.COc1ccc(-c2cccc3cc4n(c23)CCNCC4)c(C=O)c1. The first kappa shape index (κ1) is 32.6. The van der Waals surface area contributed by atoms with Crippen LogP contribution in [0.5, 0.6) is 11.5 Å². The van der Waals surface area contributed by atoms with Gasteiger partial charge in [0.05, 0.1) is 31.4 Å². The minimum absolute atomic E-state index is 0.555. The van der Waals surface area contributed by atoms with Crippen molar-refractivity contribution >= 4 is 28.1 Å². The molecule has 1 atom stereocenters. The summed E-state index contributed by atoms with van der Waals surface area (Å²) >= 11 is 0. The fourth-order valence-electron chi connectivity index (χ4n) is 7.45. The van der Waals surface area contributed by atoms with Crippen LogP contribution in [0, 0.1) is 0 Å². The number of carbonyl (C=O) groups excluding carboxylic acids is 1. The van der Waals surface area contributed by atoms with Gasteiger partial charge in [-0.05, 0) is 66.1 Å². The Balaban J connectivity index is 0.000000154. The van der Waals surface area contributed by atoms with Gasteiger partial charge in [-0.3, -0.25) is 4.79 Å². The fourth-order valence-corrected chi connectivity index (χ4v) is 7.45. The second kappa shape index (κ2) is 14.3. The second-order valence-electron chi connectivity index (χ2n) is 12.8.